The Morgan fingerprint density at radius 2 is 1.37 bits per heavy atom. The molecule has 6 heterocycles. The van der Waals surface area contributed by atoms with Crippen LogP contribution < -0.4 is 9.13 Å². The number of aromatic nitrogens is 3. The van der Waals surface area contributed by atoms with E-state index >= 15 is 0 Å². The highest BCUT2D eigenvalue weighted by molar-refractivity contribution is 6.23. The van der Waals surface area contributed by atoms with Crippen LogP contribution in [-0.4, -0.2) is 4.40 Å². The molecule has 4 aromatic heterocycles. The molecule has 9 aromatic rings. The average molecular weight is 628 g/mol. The van der Waals surface area contributed by atoms with E-state index in [4.69, 9.17) is 6.58 Å². The van der Waals surface area contributed by atoms with Gasteiger partial charge in [0.15, 0.2) is 12.4 Å². The number of allylic oxidation sites excluding steroid dienone is 1. The molecule has 11 rings (SSSR count). The highest BCUT2D eigenvalue weighted by Gasteiger charge is 2.46. The maximum atomic E-state index is 4.96. The van der Waals surface area contributed by atoms with Crippen molar-refractivity contribution in [1.29, 1.82) is 0 Å². The first-order valence-corrected chi connectivity index (χ1v) is 17.3. The van der Waals surface area contributed by atoms with Gasteiger partial charge in [0, 0.05) is 50.9 Å². The summed E-state index contributed by atoms with van der Waals surface area (Å²) in [5.41, 5.74) is 15.2. The number of rotatable bonds is 1. The molecule has 5 aromatic carbocycles. The molecule has 3 nitrogen and oxygen atoms in total. The summed E-state index contributed by atoms with van der Waals surface area (Å²) in [6, 6.07) is 51.7. The van der Waals surface area contributed by atoms with Crippen molar-refractivity contribution >= 4 is 43.8 Å². The van der Waals surface area contributed by atoms with Crippen LogP contribution in [0, 0.1) is 0 Å². The number of benzene rings is 5. The molecular weight excluding hydrogens is 595 g/mol. The van der Waals surface area contributed by atoms with E-state index in [1.54, 1.807) is 0 Å². The average Bonchev–Trinajstić information content (AvgIpc) is 3.69. The van der Waals surface area contributed by atoms with Crippen LogP contribution in [0.1, 0.15) is 29.5 Å². The second-order valence-corrected chi connectivity index (χ2v) is 13.8. The van der Waals surface area contributed by atoms with Crippen LogP contribution in [0.5, 0.6) is 0 Å². The molecule has 2 atom stereocenters. The van der Waals surface area contributed by atoms with Gasteiger partial charge in [-0.25, -0.2) is 0 Å². The third-order valence-corrected chi connectivity index (χ3v) is 11.4. The minimum absolute atomic E-state index is 0.0655. The van der Waals surface area contributed by atoms with Crippen molar-refractivity contribution in [2.24, 2.45) is 0 Å². The molecule has 230 valence electrons. The van der Waals surface area contributed by atoms with Crippen molar-refractivity contribution in [3.05, 3.63) is 170 Å². The maximum Gasteiger partial charge on any atom is 0.249 e. The Hall–Kier alpha value is -6.06. The summed E-state index contributed by atoms with van der Waals surface area (Å²) in [6.45, 7) is 4.96. The number of para-hydroxylation sites is 2. The van der Waals surface area contributed by atoms with Gasteiger partial charge in [0.05, 0.1) is 28.0 Å². The molecular formula is C46H33N3+2. The lowest BCUT2D eigenvalue weighted by Gasteiger charge is -2.29. The van der Waals surface area contributed by atoms with Gasteiger partial charge in [-0.05, 0) is 72.5 Å². The topological polar surface area (TPSA) is 12.2 Å². The minimum Gasteiger partial charge on any atom is -0.308 e. The second kappa shape index (κ2) is 9.98. The summed E-state index contributed by atoms with van der Waals surface area (Å²) in [7, 11) is 0. The monoisotopic (exact) mass is 627 g/mol. The molecule has 0 saturated carbocycles. The number of aryl methyl sites for hydroxylation is 1. The Morgan fingerprint density at radius 3 is 2.29 bits per heavy atom. The van der Waals surface area contributed by atoms with E-state index in [1.807, 2.05) is 0 Å². The number of hydrogen-bond donors (Lipinski definition) is 0. The third-order valence-electron chi connectivity index (χ3n) is 11.4. The van der Waals surface area contributed by atoms with Gasteiger partial charge in [-0.15, -0.1) is 0 Å². The normalized spacial score (nSPS) is 16.9. The van der Waals surface area contributed by atoms with Crippen molar-refractivity contribution in [2.75, 3.05) is 0 Å². The van der Waals surface area contributed by atoms with Gasteiger partial charge in [0.25, 0.3) is 0 Å². The summed E-state index contributed by atoms with van der Waals surface area (Å²) in [6.07, 6.45) is 6.57. The van der Waals surface area contributed by atoms with E-state index in [9.17, 15) is 0 Å². The molecule has 2 aliphatic rings. The van der Waals surface area contributed by atoms with Crippen LogP contribution in [-0.2, 0) is 6.42 Å². The maximum absolute atomic E-state index is 4.96. The fraction of sp³-hybridized carbons (Fsp3) is 0.0870. The Balaban J connectivity index is 1.23. The first-order chi connectivity index (χ1) is 24.2. The van der Waals surface area contributed by atoms with E-state index < -0.39 is 0 Å². The molecule has 0 N–H and O–H groups in total. The molecule has 0 radical (unpaired) electrons. The lowest BCUT2D eigenvalue weighted by molar-refractivity contribution is -0.727. The van der Waals surface area contributed by atoms with Gasteiger partial charge in [-0.1, -0.05) is 84.9 Å². The number of fused-ring (bicyclic) bond motifs is 15. The minimum atomic E-state index is 0.0655. The third kappa shape index (κ3) is 3.67. The number of hydrogen-bond acceptors (Lipinski definition) is 0. The summed E-state index contributed by atoms with van der Waals surface area (Å²) in [5, 5.41) is 5.25. The Kier molecular flexibility index (Phi) is 5.49. The SMILES string of the molecule is C=C1C2C(CCc3cc4c(cc3-c3ccc(-c5ccccc5)c[n+]31)c1cccc3c5ccccc5n4c31)c1ccccc1-c1cccc[n+]12. The number of nitrogens with zero attached hydrogens (tertiary/aromatic N) is 3. The zero-order valence-electron chi connectivity index (χ0n) is 27.1. The van der Waals surface area contributed by atoms with Gasteiger partial charge in [0.1, 0.15) is 0 Å². The predicted octanol–water partition coefficient (Wildman–Crippen LogP) is 10.2. The molecule has 2 aliphatic heterocycles. The van der Waals surface area contributed by atoms with Crippen molar-refractivity contribution in [2.45, 2.75) is 24.8 Å². The van der Waals surface area contributed by atoms with Crippen molar-refractivity contribution in [1.82, 2.24) is 4.40 Å². The van der Waals surface area contributed by atoms with E-state index in [1.165, 1.54) is 82.9 Å². The number of pyridine rings is 2. The van der Waals surface area contributed by atoms with Crippen LogP contribution in [0.25, 0.3) is 77.4 Å². The van der Waals surface area contributed by atoms with Crippen molar-refractivity contribution in [3.63, 3.8) is 0 Å². The fourth-order valence-corrected chi connectivity index (χ4v) is 9.23. The van der Waals surface area contributed by atoms with Crippen LogP contribution in [0.2, 0.25) is 0 Å². The van der Waals surface area contributed by atoms with Crippen molar-refractivity contribution in [3.8, 4) is 33.6 Å². The quantitative estimate of drug-likeness (QED) is 0.161. The Labute approximate surface area is 284 Å². The second-order valence-electron chi connectivity index (χ2n) is 13.8. The van der Waals surface area contributed by atoms with Gasteiger partial charge in [0.2, 0.25) is 23.1 Å². The van der Waals surface area contributed by atoms with Crippen LogP contribution in [0.3, 0.4) is 0 Å². The molecule has 2 unspecified atom stereocenters. The Bertz CT molecular complexity index is 2810. The summed E-state index contributed by atoms with van der Waals surface area (Å²) in [5.74, 6) is 0.264. The van der Waals surface area contributed by atoms with Crippen LogP contribution in [0.15, 0.2) is 158 Å². The lowest BCUT2D eigenvalue weighted by Crippen LogP contribution is -2.53. The smallest absolute Gasteiger partial charge is 0.249 e. The van der Waals surface area contributed by atoms with Gasteiger partial charge < -0.3 is 4.40 Å². The molecule has 0 bridgehead atoms. The van der Waals surface area contributed by atoms with Gasteiger partial charge in [-0.3, -0.25) is 0 Å². The molecule has 0 aliphatic carbocycles. The standard InChI is InChI=1S/C46H33N3/c1-29-45-38(33-14-5-6-15-34(33)41-19-9-10-25-47(41)45)23-21-31-26-44-40(37-18-11-17-36-35-16-7-8-20-43(35)49(44)46(36)37)27-39(31)42-24-22-32(28-48(29)42)30-12-3-2-4-13-30/h2-20,22,24-28,38,45H,1,21,23H2/q+2. The van der Waals surface area contributed by atoms with Gasteiger partial charge in [-0.2, -0.15) is 9.13 Å². The van der Waals surface area contributed by atoms with Crippen LogP contribution in [0.4, 0.5) is 0 Å². The fourth-order valence-electron chi connectivity index (χ4n) is 9.23. The summed E-state index contributed by atoms with van der Waals surface area (Å²) < 4.78 is 7.41. The van der Waals surface area contributed by atoms with Crippen LogP contribution >= 0.6 is 0 Å². The lowest BCUT2D eigenvalue weighted by atomic mass is 9.78. The van der Waals surface area contributed by atoms with E-state index in [0.29, 0.717) is 0 Å². The molecule has 0 amide bonds. The first kappa shape index (κ1) is 26.9. The zero-order valence-corrected chi connectivity index (χ0v) is 27.1. The first-order valence-electron chi connectivity index (χ1n) is 17.3. The highest BCUT2D eigenvalue weighted by Crippen LogP contribution is 2.46. The van der Waals surface area contributed by atoms with Crippen molar-refractivity contribution < 1.29 is 9.13 Å². The summed E-state index contributed by atoms with van der Waals surface area (Å²) in [4.78, 5) is 0. The van der Waals surface area contributed by atoms with E-state index in [2.05, 4.69) is 165 Å². The van der Waals surface area contributed by atoms with E-state index in [0.717, 1.165) is 18.5 Å². The molecule has 0 saturated heterocycles. The van der Waals surface area contributed by atoms with E-state index in [-0.39, 0.29) is 12.0 Å². The predicted molar refractivity (Wildman–Crippen MR) is 200 cm³/mol. The molecule has 49 heavy (non-hydrogen) atoms. The Morgan fingerprint density at radius 1 is 0.592 bits per heavy atom. The zero-order chi connectivity index (χ0) is 32.2. The largest absolute Gasteiger partial charge is 0.308 e. The molecule has 0 spiro atoms. The molecule has 0 fully saturated rings. The molecule has 3 heteroatoms. The highest BCUT2D eigenvalue weighted by atomic mass is 15.1. The summed E-state index contributed by atoms with van der Waals surface area (Å²) >= 11 is 0. The van der Waals surface area contributed by atoms with Gasteiger partial charge >= 0.3 is 0 Å².